The molecule has 116 valence electrons. The van der Waals surface area contributed by atoms with Crippen molar-refractivity contribution in [3.05, 3.63) is 27.8 Å². The molecule has 21 heavy (non-hydrogen) atoms. The van der Waals surface area contributed by atoms with Gasteiger partial charge in [0, 0.05) is 9.26 Å². The van der Waals surface area contributed by atoms with Crippen LogP contribution in [-0.4, -0.2) is 28.7 Å². The Kier molecular flexibility index (Phi) is 6.17. The van der Waals surface area contributed by atoms with Crippen molar-refractivity contribution in [2.75, 3.05) is 4.57 Å². The van der Waals surface area contributed by atoms with Gasteiger partial charge >= 0.3 is 0 Å². The minimum atomic E-state index is -1.87. The molecule has 0 unspecified atom stereocenters. The van der Waals surface area contributed by atoms with E-state index in [9.17, 15) is 4.79 Å². The summed E-state index contributed by atoms with van der Waals surface area (Å²) in [4.78, 5) is 12.6. The Morgan fingerprint density at radius 1 is 1.19 bits per heavy atom. The quantitative estimate of drug-likeness (QED) is 0.300. The lowest BCUT2D eigenvalue weighted by molar-refractivity contribution is -0.111. The number of oxime groups is 1. The van der Waals surface area contributed by atoms with Gasteiger partial charge in [-0.3, -0.25) is 4.79 Å². The van der Waals surface area contributed by atoms with Crippen molar-refractivity contribution in [3.63, 3.8) is 0 Å². The molecule has 0 atom stereocenters. The third-order valence-electron chi connectivity index (χ3n) is 2.47. The number of carbonyl (C=O) groups excluding carboxylic acids is 1. The lowest BCUT2D eigenvalue weighted by Gasteiger charge is -2.33. The molecule has 0 bridgehead atoms. The minimum Gasteiger partial charge on any atom is -0.455 e. The van der Waals surface area contributed by atoms with Crippen molar-refractivity contribution in [2.45, 2.75) is 39.3 Å². The molecule has 0 spiro atoms. The van der Waals surface area contributed by atoms with E-state index in [-0.39, 0.29) is 5.91 Å². The number of hydrogen-bond donors (Lipinski definition) is 0. The predicted octanol–water partition coefficient (Wildman–Crippen LogP) is 4.30. The number of amides is 1. The molecule has 0 fully saturated rings. The van der Waals surface area contributed by atoms with Crippen molar-refractivity contribution in [2.24, 2.45) is 5.16 Å². The molecule has 0 aliphatic heterocycles. The van der Waals surface area contributed by atoms with Gasteiger partial charge in [0.2, 0.25) is 0 Å². The van der Waals surface area contributed by atoms with Crippen LogP contribution >= 0.6 is 22.6 Å². The highest BCUT2D eigenvalue weighted by atomic mass is 127. The summed E-state index contributed by atoms with van der Waals surface area (Å²) in [7, 11) is -3.63. The highest BCUT2D eigenvalue weighted by Gasteiger charge is 2.30. The second-order valence-corrected chi connectivity index (χ2v) is 17.1. The highest BCUT2D eigenvalue weighted by molar-refractivity contribution is 14.1. The van der Waals surface area contributed by atoms with Gasteiger partial charge in [-0.25, -0.2) is 0 Å². The maximum Gasteiger partial charge on any atom is 0.278 e. The molecule has 0 saturated carbocycles. The topological polar surface area (TPSA) is 41.9 Å². The van der Waals surface area contributed by atoms with Gasteiger partial charge in [0.15, 0.2) is 8.24 Å². The molecule has 1 amide bonds. The smallest absolute Gasteiger partial charge is 0.278 e. The third kappa shape index (κ3) is 5.91. The van der Waals surface area contributed by atoms with E-state index in [2.05, 4.69) is 47.4 Å². The van der Waals surface area contributed by atoms with Crippen LogP contribution in [0.15, 0.2) is 29.4 Å². The van der Waals surface area contributed by atoms with Crippen molar-refractivity contribution < 1.29 is 9.32 Å². The Bertz CT molecular complexity index is 537. The number of rotatable bonds is 5. The molecule has 0 N–H and O–H groups in total. The Morgan fingerprint density at radius 2 is 1.76 bits per heavy atom. The monoisotopic (exact) mass is 434 g/mol. The second-order valence-electron chi connectivity index (χ2n) is 6.73. The number of hydrogen-bond acceptors (Lipinski definition) is 3. The van der Waals surface area contributed by atoms with E-state index in [1.54, 1.807) is 0 Å². The van der Waals surface area contributed by atoms with E-state index in [0.29, 0.717) is 0 Å². The number of para-hydroxylation sites is 1. The van der Waals surface area contributed by atoms with E-state index in [1.165, 1.54) is 6.21 Å². The van der Waals surface area contributed by atoms with Crippen LogP contribution in [0.25, 0.3) is 0 Å². The van der Waals surface area contributed by atoms with Crippen molar-refractivity contribution in [1.82, 2.24) is 0 Å². The molecule has 0 saturated heterocycles. The van der Waals surface area contributed by atoms with Gasteiger partial charge in [-0.1, -0.05) is 31.8 Å². The Hall–Kier alpha value is -0.676. The lowest BCUT2D eigenvalue weighted by Crippen LogP contribution is -2.51. The van der Waals surface area contributed by atoms with Crippen LogP contribution in [0.1, 0.15) is 0 Å². The first-order valence-electron chi connectivity index (χ1n) is 6.82. The van der Waals surface area contributed by atoms with Crippen molar-refractivity contribution in [3.8, 4) is 0 Å². The molecule has 1 aromatic carbocycles. The van der Waals surface area contributed by atoms with Gasteiger partial charge in [0.1, 0.15) is 6.21 Å². The van der Waals surface area contributed by atoms with Crippen LogP contribution in [0.2, 0.25) is 39.3 Å². The third-order valence-corrected chi connectivity index (χ3v) is 5.84. The average Bonchev–Trinajstić information content (AvgIpc) is 2.28. The molecule has 1 aromatic rings. The molecule has 0 aliphatic rings. The van der Waals surface area contributed by atoms with Crippen LogP contribution in [0.3, 0.4) is 0 Å². The number of carbonyl (C=O) groups is 1. The average molecular weight is 434 g/mol. The highest BCUT2D eigenvalue weighted by Crippen LogP contribution is 2.26. The van der Waals surface area contributed by atoms with Crippen LogP contribution in [0, 0.1) is 3.57 Å². The Labute approximate surface area is 142 Å². The molecular formula is C14H23IN2O2Si2. The maximum atomic E-state index is 12.6. The molecule has 0 heterocycles. The SMILES string of the molecule is C[Si](C)(C)O/N=C/C(=O)N(c1ccccc1I)[Si](C)(C)C. The first-order valence-corrected chi connectivity index (χ1v) is 14.8. The largest absolute Gasteiger partial charge is 0.455 e. The van der Waals surface area contributed by atoms with Gasteiger partial charge in [-0.05, 0) is 54.4 Å². The molecule has 0 aliphatic carbocycles. The molecule has 7 heteroatoms. The van der Waals surface area contributed by atoms with Gasteiger partial charge in [0.25, 0.3) is 14.2 Å². The fraction of sp³-hybridized carbons (Fsp3) is 0.429. The molecule has 0 radical (unpaired) electrons. The Morgan fingerprint density at radius 3 is 2.24 bits per heavy atom. The molecule has 1 rings (SSSR count). The number of halogens is 1. The van der Waals surface area contributed by atoms with Crippen LogP contribution < -0.4 is 4.57 Å². The summed E-state index contributed by atoms with van der Waals surface area (Å²) in [5.74, 6) is -0.114. The van der Waals surface area contributed by atoms with Crippen molar-refractivity contribution >= 4 is 57.0 Å². The van der Waals surface area contributed by atoms with Gasteiger partial charge in [-0.2, -0.15) is 0 Å². The number of nitrogens with zero attached hydrogens (tertiary/aromatic N) is 2. The van der Waals surface area contributed by atoms with Gasteiger partial charge < -0.3 is 9.09 Å². The first-order chi connectivity index (χ1) is 9.52. The summed E-state index contributed by atoms with van der Waals surface area (Å²) in [5.41, 5.74) is 0.946. The predicted molar refractivity (Wildman–Crippen MR) is 103 cm³/mol. The lowest BCUT2D eigenvalue weighted by atomic mass is 10.3. The number of anilines is 1. The number of benzene rings is 1. The van der Waals surface area contributed by atoms with E-state index in [1.807, 2.05) is 48.5 Å². The summed E-state index contributed by atoms with van der Waals surface area (Å²) in [6.45, 7) is 12.5. The van der Waals surface area contributed by atoms with Gasteiger partial charge in [0.05, 0.1) is 0 Å². The summed E-state index contributed by atoms with van der Waals surface area (Å²) >= 11 is 2.26. The fourth-order valence-electron chi connectivity index (χ4n) is 1.73. The fourth-order valence-corrected chi connectivity index (χ4v) is 4.59. The normalized spacial score (nSPS) is 12.5. The zero-order chi connectivity index (χ0) is 16.3. The minimum absolute atomic E-state index is 0.114. The van der Waals surface area contributed by atoms with E-state index >= 15 is 0 Å². The maximum absolute atomic E-state index is 12.6. The van der Waals surface area contributed by atoms with Crippen molar-refractivity contribution in [1.29, 1.82) is 0 Å². The van der Waals surface area contributed by atoms with Crippen LogP contribution in [-0.2, 0) is 9.32 Å². The van der Waals surface area contributed by atoms with E-state index in [4.69, 9.17) is 4.53 Å². The summed E-state index contributed by atoms with van der Waals surface area (Å²) in [5, 5.41) is 3.90. The first kappa shape index (κ1) is 18.4. The zero-order valence-corrected chi connectivity index (χ0v) is 17.6. The summed E-state index contributed by atoms with van der Waals surface area (Å²) in [6, 6.07) is 7.91. The molecule has 0 aromatic heterocycles. The van der Waals surface area contributed by atoms with E-state index in [0.717, 1.165) is 9.26 Å². The zero-order valence-electron chi connectivity index (χ0n) is 13.5. The molecule has 4 nitrogen and oxygen atoms in total. The Balaban J connectivity index is 3.06. The summed E-state index contributed by atoms with van der Waals surface area (Å²) in [6.07, 6.45) is 1.31. The van der Waals surface area contributed by atoms with E-state index < -0.39 is 16.6 Å². The van der Waals surface area contributed by atoms with Crippen LogP contribution in [0.5, 0.6) is 0 Å². The molecular weight excluding hydrogens is 411 g/mol. The summed E-state index contributed by atoms with van der Waals surface area (Å²) < 4.78 is 8.34. The standard InChI is InChI=1S/C14H23IN2O2Si2/c1-20(2,3)17(13-10-8-7-9-12(13)15)14(18)11-16-19-21(4,5)6/h7-11H,1-6H3/b16-11+. The van der Waals surface area contributed by atoms with Crippen LogP contribution in [0.4, 0.5) is 5.69 Å². The second kappa shape index (κ2) is 7.06. The van der Waals surface area contributed by atoms with Gasteiger partial charge in [-0.15, -0.1) is 5.16 Å².